The summed E-state index contributed by atoms with van der Waals surface area (Å²) in [6, 6.07) is 22.1. The monoisotopic (exact) mass is 486 g/mol. The summed E-state index contributed by atoms with van der Waals surface area (Å²) >= 11 is 0. The summed E-state index contributed by atoms with van der Waals surface area (Å²) in [5.74, 6) is -1.12. The quantitative estimate of drug-likeness (QED) is 0.363. The Morgan fingerprint density at radius 1 is 0.838 bits per heavy atom. The van der Waals surface area contributed by atoms with E-state index < -0.39 is 17.4 Å². The minimum absolute atomic E-state index is 0.00282. The molecular formula is C31H26N4O2. The highest BCUT2D eigenvalue weighted by molar-refractivity contribution is 6.24. The van der Waals surface area contributed by atoms with Gasteiger partial charge in [-0.25, -0.2) is 14.9 Å². The second kappa shape index (κ2) is 7.11. The average molecular weight is 487 g/mol. The van der Waals surface area contributed by atoms with Crippen LogP contribution in [-0.4, -0.2) is 39.3 Å². The predicted molar refractivity (Wildman–Crippen MR) is 141 cm³/mol. The number of anilines is 1. The number of nitrogens with zero attached hydrogens (tertiary/aromatic N) is 4. The third-order valence-corrected chi connectivity index (χ3v) is 9.16. The Kier molecular flexibility index (Phi) is 4.07. The minimum atomic E-state index is -0.799. The van der Waals surface area contributed by atoms with Crippen LogP contribution in [0.4, 0.5) is 5.69 Å². The molecule has 4 aromatic rings. The molecule has 4 unspecified atom stereocenters. The van der Waals surface area contributed by atoms with Gasteiger partial charge in [-0.1, -0.05) is 54.6 Å². The van der Waals surface area contributed by atoms with Crippen molar-refractivity contribution in [1.82, 2.24) is 14.9 Å². The summed E-state index contributed by atoms with van der Waals surface area (Å²) in [6.45, 7) is 4.79. The van der Waals surface area contributed by atoms with E-state index in [1.807, 2.05) is 68.4 Å². The lowest BCUT2D eigenvalue weighted by molar-refractivity contribution is -0.124. The highest BCUT2D eigenvalue weighted by Crippen LogP contribution is 2.64. The first-order valence-corrected chi connectivity index (χ1v) is 13.1. The van der Waals surface area contributed by atoms with Gasteiger partial charge in [-0.15, -0.1) is 0 Å². The number of imide groups is 1. The molecule has 6 nitrogen and oxygen atoms in total. The van der Waals surface area contributed by atoms with Gasteiger partial charge in [-0.05, 0) is 62.1 Å². The van der Waals surface area contributed by atoms with Crippen LogP contribution in [0.25, 0.3) is 22.3 Å². The molecule has 0 saturated carbocycles. The molecule has 3 fully saturated rings. The van der Waals surface area contributed by atoms with Gasteiger partial charge in [0.25, 0.3) is 0 Å². The Balaban J connectivity index is 1.44. The molecule has 37 heavy (non-hydrogen) atoms. The highest BCUT2D eigenvalue weighted by Gasteiger charge is 2.73. The van der Waals surface area contributed by atoms with Crippen LogP contribution in [0.1, 0.15) is 35.2 Å². The lowest BCUT2D eigenvalue weighted by Crippen LogP contribution is -2.50. The first-order valence-electron chi connectivity index (χ1n) is 13.1. The van der Waals surface area contributed by atoms with E-state index in [-0.39, 0.29) is 17.9 Å². The smallest absolute Gasteiger partial charge is 0.240 e. The Labute approximate surface area is 215 Å². The van der Waals surface area contributed by atoms with E-state index >= 15 is 0 Å². The second-order valence-electron chi connectivity index (χ2n) is 10.9. The molecule has 3 aliphatic heterocycles. The zero-order valence-corrected chi connectivity index (χ0v) is 20.8. The number of hydrogen-bond acceptors (Lipinski definition) is 5. The van der Waals surface area contributed by atoms with Crippen LogP contribution in [0.3, 0.4) is 0 Å². The molecule has 0 radical (unpaired) electrons. The summed E-state index contributed by atoms with van der Waals surface area (Å²) in [4.78, 5) is 43.1. The predicted octanol–water partition coefficient (Wildman–Crippen LogP) is 4.75. The molecule has 2 amide bonds. The van der Waals surface area contributed by atoms with Gasteiger partial charge in [-0.2, -0.15) is 0 Å². The fraction of sp³-hybridized carbons (Fsp3) is 0.290. The van der Waals surface area contributed by atoms with Gasteiger partial charge in [0.2, 0.25) is 11.8 Å². The van der Waals surface area contributed by atoms with E-state index in [0.717, 1.165) is 69.7 Å². The SMILES string of the molecule is Cc1cccc(C)c1N1C(=O)C2C3CCCN3C3(c4ccccc4-c4nc5ccccc5nc43)C2C1=O. The van der Waals surface area contributed by atoms with Crippen molar-refractivity contribution in [3.63, 3.8) is 0 Å². The summed E-state index contributed by atoms with van der Waals surface area (Å²) in [5.41, 5.74) is 7.23. The number of benzene rings is 3. The first kappa shape index (κ1) is 21.2. The summed E-state index contributed by atoms with van der Waals surface area (Å²) in [5, 5.41) is 0. The van der Waals surface area contributed by atoms with Crippen LogP contribution >= 0.6 is 0 Å². The van der Waals surface area contributed by atoms with Gasteiger partial charge in [0.05, 0.1) is 39.9 Å². The van der Waals surface area contributed by atoms with Gasteiger partial charge in [0.1, 0.15) is 5.54 Å². The van der Waals surface area contributed by atoms with Gasteiger partial charge in [0.15, 0.2) is 0 Å². The fourth-order valence-corrected chi connectivity index (χ4v) is 7.89. The molecule has 4 aliphatic rings. The van der Waals surface area contributed by atoms with Crippen LogP contribution in [-0.2, 0) is 15.1 Å². The molecule has 1 spiro atoms. The van der Waals surface area contributed by atoms with E-state index in [9.17, 15) is 9.59 Å². The zero-order chi connectivity index (χ0) is 25.1. The molecule has 1 aliphatic carbocycles. The number of carbonyl (C=O) groups excluding carboxylic acids is 2. The van der Waals surface area contributed by atoms with Crippen LogP contribution in [0, 0.1) is 25.7 Å². The van der Waals surface area contributed by atoms with Crippen LogP contribution in [0.2, 0.25) is 0 Å². The normalized spacial score (nSPS) is 27.7. The molecule has 3 aromatic carbocycles. The Morgan fingerprint density at radius 3 is 2.32 bits per heavy atom. The Bertz CT molecular complexity index is 1660. The average Bonchev–Trinajstić information content (AvgIpc) is 3.62. The number of aryl methyl sites for hydroxylation is 2. The summed E-state index contributed by atoms with van der Waals surface area (Å²) in [6.07, 6.45) is 1.90. The molecule has 182 valence electrons. The molecule has 6 heteroatoms. The van der Waals surface area contributed by atoms with Crippen molar-refractivity contribution in [2.45, 2.75) is 38.3 Å². The minimum Gasteiger partial charge on any atom is -0.284 e. The van der Waals surface area contributed by atoms with E-state index in [2.05, 4.69) is 17.0 Å². The lowest BCUT2D eigenvalue weighted by Gasteiger charge is -2.39. The first-order chi connectivity index (χ1) is 18.0. The largest absolute Gasteiger partial charge is 0.284 e. The maximum absolute atomic E-state index is 14.6. The number of para-hydroxylation sites is 3. The van der Waals surface area contributed by atoms with Gasteiger partial charge >= 0.3 is 0 Å². The van der Waals surface area contributed by atoms with Crippen molar-refractivity contribution in [3.05, 3.63) is 89.1 Å². The van der Waals surface area contributed by atoms with Crippen molar-refractivity contribution in [2.24, 2.45) is 11.8 Å². The highest BCUT2D eigenvalue weighted by atomic mass is 16.2. The van der Waals surface area contributed by atoms with Crippen molar-refractivity contribution >= 4 is 28.5 Å². The number of carbonyl (C=O) groups is 2. The third kappa shape index (κ3) is 2.40. The molecule has 3 saturated heterocycles. The summed E-state index contributed by atoms with van der Waals surface area (Å²) in [7, 11) is 0. The number of aromatic nitrogens is 2. The van der Waals surface area contributed by atoms with Crippen molar-refractivity contribution in [2.75, 3.05) is 11.4 Å². The number of hydrogen-bond donors (Lipinski definition) is 0. The number of amides is 2. The fourth-order valence-electron chi connectivity index (χ4n) is 7.89. The third-order valence-electron chi connectivity index (χ3n) is 9.16. The van der Waals surface area contributed by atoms with Crippen LogP contribution in [0.15, 0.2) is 66.7 Å². The van der Waals surface area contributed by atoms with Gasteiger partial charge < -0.3 is 0 Å². The van der Waals surface area contributed by atoms with Crippen molar-refractivity contribution in [3.8, 4) is 11.3 Å². The topological polar surface area (TPSA) is 66.4 Å². The van der Waals surface area contributed by atoms with Crippen molar-refractivity contribution < 1.29 is 9.59 Å². The van der Waals surface area contributed by atoms with Gasteiger partial charge in [0, 0.05) is 11.6 Å². The van der Waals surface area contributed by atoms with E-state index in [1.165, 1.54) is 4.90 Å². The summed E-state index contributed by atoms with van der Waals surface area (Å²) < 4.78 is 0. The molecule has 0 N–H and O–H groups in total. The van der Waals surface area contributed by atoms with Crippen LogP contribution < -0.4 is 4.90 Å². The van der Waals surface area contributed by atoms with Crippen LogP contribution in [0.5, 0.6) is 0 Å². The van der Waals surface area contributed by atoms with E-state index in [0.29, 0.717) is 0 Å². The lowest BCUT2D eigenvalue weighted by atomic mass is 9.75. The van der Waals surface area contributed by atoms with Crippen molar-refractivity contribution in [1.29, 1.82) is 0 Å². The molecule has 4 heterocycles. The molecule has 0 bridgehead atoms. The maximum Gasteiger partial charge on any atom is 0.240 e. The second-order valence-corrected chi connectivity index (χ2v) is 10.9. The zero-order valence-electron chi connectivity index (χ0n) is 20.8. The molecule has 8 rings (SSSR count). The number of rotatable bonds is 1. The Hall–Kier alpha value is -3.90. The molecule has 1 aromatic heterocycles. The molecule has 4 atom stereocenters. The van der Waals surface area contributed by atoms with Gasteiger partial charge in [-0.3, -0.25) is 14.5 Å². The Morgan fingerprint density at radius 2 is 1.54 bits per heavy atom. The maximum atomic E-state index is 14.6. The number of fused-ring (bicyclic) bond motifs is 11. The van der Waals surface area contributed by atoms with E-state index in [1.54, 1.807) is 0 Å². The molecular weight excluding hydrogens is 460 g/mol. The standard InChI is InChI=1S/C31H26N4O2/c1-17-9-7-10-18(2)27(17)35-29(36)24-23-15-8-16-34(23)31(25(24)30(35)37)20-12-4-3-11-19(20)26-28(31)33-22-14-6-5-13-21(22)32-26/h3-7,9-14,23-25H,8,15-16H2,1-2H3. The van der Waals surface area contributed by atoms with E-state index in [4.69, 9.17) is 9.97 Å².